The second-order valence-electron chi connectivity index (χ2n) is 23.7. The number of ether oxygens (including phenoxy) is 4. The highest BCUT2D eigenvalue weighted by Gasteiger charge is 2.27. The lowest BCUT2D eigenvalue weighted by molar-refractivity contribution is 0.415. The minimum absolute atomic E-state index is 0.397. The molecule has 25 heteroatoms. The lowest BCUT2D eigenvalue weighted by atomic mass is 9.96. The first-order chi connectivity index (χ1) is 49.0. The topological polar surface area (TPSA) is 328 Å². The molecule has 100 heavy (non-hydrogen) atoms. The zero-order valence-electron chi connectivity index (χ0n) is 54.8. The molecule has 0 bridgehead atoms. The predicted molar refractivity (Wildman–Crippen MR) is 378 cm³/mol. The highest BCUT2D eigenvalue weighted by Crippen LogP contribution is 2.43. The maximum absolute atomic E-state index is 6.17. The lowest BCUT2D eigenvalue weighted by Gasteiger charge is -2.13. The van der Waals surface area contributed by atoms with E-state index in [1.165, 1.54) is 0 Å². The fraction of sp³-hybridized carbons (Fsp3) is 0.0933. The molecule has 0 radical (unpaired) electrons. The molecular weight excluding hydrogens is 1260 g/mol. The number of aryl methyl sites for hydroxylation is 3. The molecule has 0 spiro atoms. The SMILES string of the molecule is COc1cccc(-c2n[nH]c(-c3cc(-c4nc(-c5ccc(-c6ccc(-c7n[nH]c(-c8cc(-c9nc(-c%10cccc(C)c%10)n[nH]9)ccc8-c8nnc(-c9cccc(C)c9)[nH]8)n7)cc6C)c(OC)c5)n[nH]4)c(-c4nnc(-c5cccc(OC)c5)[nH]4)cc3-c3nnc(-c4cccc(OC)c4)[nH]3)n2)c1. The van der Waals surface area contributed by atoms with Crippen molar-refractivity contribution in [2.24, 2.45) is 0 Å². The highest BCUT2D eigenvalue weighted by molar-refractivity contribution is 5.91. The van der Waals surface area contributed by atoms with Crippen LogP contribution in [0.25, 0.3) is 171 Å². The van der Waals surface area contributed by atoms with Gasteiger partial charge in [0.15, 0.2) is 81.5 Å². The Labute approximate surface area is 570 Å². The standard InChI is InChI=1S/C75H59N21O4/c1-39-13-8-15-42(29-39)62-76-68(84-83-62)48-25-28-55(70-77-63(85-91-70)43-16-9-14-40(2)30-43)56(35-48)71-81-67(89-92-71)47-23-26-53(41(3)31-47)54-27-24-49(36-61(54)100-7)69-82-75(96-90-69)60-38-58(73-79-65(87-94-73)45-18-11-21-51(33-45)98-5)57(72-78-64(86-93-72)44-17-10-20-50(32-44)97-4)37-59(60)74-80-66(88-95-74)46-19-12-22-52(34-46)99-6/h8-38H,1-7H3,(H,76,83,84)(H,77,85,91)(H,78,86,93)(H,79,87,94)(H,80,88,95)(H,81,89,92)(H,82,90,96). The maximum Gasteiger partial charge on any atom is 0.181 e. The van der Waals surface area contributed by atoms with Crippen LogP contribution in [0.2, 0.25) is 0 Å². The number of nitrogens with one attached hydrogen (secondary N) is 7. The van der Waals surface area contributed by atoms with E-state index in [2.05, 4.69) is 84.1 Å². The van der Waals surface area contributed by atoms with Gasteiger partial charge < -0.3 is 33.9 Å². The molecule has 7 heterocycles. The Kier molecular flexibility index (Phi) is 15.7. The van der Waals surface area contributed by atoms with E-state index in [0.717, 1.165) is 77.9 Å². The van der Waals surface area contributed by atoms with Crippen LogP contribution in [0.5, 0.6) is 23.0 Å². The lowest BCUT2D eigenvalue weighted by Crippen LogP contribution is -1.97. The molecular formula is C75H59N21O4. The maximum atomic E-state index is 6.17. The van der Waals surface area contributed by atoms with Crippen molar-refractivity contribution in [1.82, 2.24) is 106 Å². The summed E-state index contributed by atoms with van der Waals surface area (Å²) in [5.41, 5.74) is 15.2. The van der Waals surface area contributed by atoms with E-state index >= 15 is 0 Å². The number of aromatic amines is 7. The monoisotopic (exact) mass is 1320 g/mol. The molecule has 0 fully saturated rings. The first kappa shape index (κ1) is 61.1. The Balaban J connectivity index is 0.742. The molecule has 9 aromatic carbocycles. The van der Waals surface area contributed by atoms with Crippen LogP contribution in [0.15, 0.2) is 188 Å². The van der Waals surface area contributed by atoms with Gasteiger partial charge in [-0.15, -0.1) is 30.6 Å². The van der Waals surface area contributed by atoms with E-state index in [1.807, 2.05) is 191 Å². The van der Waals surface area contributed by atoms with Gasteiger partial charge in [-0.2, -0.15) is 20.4 Å². The molecule has 0 saturated carbocycles. The Hall–Kier alpha value is -13.8. The van der Waals surface area contributed by atoms with E-state index in [-0.39, 0.29) is 0 Å². The normalized spacial score (nSPS) is 11.3. The summed E-state index contributed by atoms with van der Waals surface area (Å²) in [5.74, 6) is 9.49. The van der Waals surface area contributed by atoms with Crippen LogP contribution in [-0.4, -0.2) is 135 Å². The minimum atomic E-state index is 0.397. The number of rotatable bonds is 19. The molecule has 0 amide bonds. The second kappa shape index (κ2) is 25.7. The van der Waals surface area contributed by atoms with Crippen LogP contribution >= 0.6 is 0 Å². The van der Waals surface area contributed by atoms with Crippen molar-refractivity contribution < 1.29 is 18.9 Å². The Morgan fingerprint density at radius 3 is 1.07 bits per heavy atom. The van der Waals surface area contributed by atoms with Crippen molar-refractivity contribution in [3.8, 4) is 194 Å². The van der Waals surface area contributed by atoms with Gasteiger partial charge in [0.2, 0.25) is 0 Å². The Morgan fingerprint density at radius 1 is 0.250 bits per heavy atom. The van der Waals surface area contributed by atoms with E-state index < -0.39 is 0 Å². The van der Waals surface area contributed by atoms with Gasteiger partial charge in [0.25, 0.3) is 0 Å². The Morgan fingerprint density at radius 2 is 0.590 bits per heavy atom. The van der Waals surface area contributed by atoms with Gasteiger partial charge in [0.05, 0.1) is 28.4 Å². The molecule has 0 atom stereocenters. The summed E-state index contributed by atoms with van der Waals surface area (Å²) in [6.45, 7) is 6.14. The fourth-order valence-electron chi connectivity index (χ4n) is 12.1. The molecule has 0 aliphatic rings. The number of H-pyrrole nitrogens is 7. The van der Waals surface area contributed by atoms with Crippen LogP contribution in [-0.2, 0) is 0 Å². The third kappa shape index (κ3) is 11.8. The largest absolute Gasteiger partial charge is 0.497 e. The first-order valence-electron chi connectivity index (χ1n) is 31.7. The third-order valence-electron chi connectivity index (χ3n) is 17.2. The molecule has 7 aromatic heterocycles. The number of methoxy groups -OCH3 is 4. The average Bonchev–Trinajstić information content (AvgIpc) is 1.42. The summed E-state index contributed by atoms with van der Waals surface area (Å²) in [7, 11) is 6.50. The molecule has 0 aliphatic carbocycles. The van der Waals surface area contributed by atoms with Crippen molar-refractivity contribution in [2.45, 2.75) is 20.8 Å². The summed E-state index contributed by atoms with van der Waals surface area (Å²) in [4.78, 5) is 30.7. The van der Waals surface area contributed by atoms with E-state index in [1.54, 1.807) is 28.4 Å². The van der Waals surface area contributed by atoms with Crippen molar-refractivity contribution in [3.05, 3.63) is 205 Å². The van der Waals surface area contributed by atoms with Crippen molar-refractivity contribution >= 4 is 0 Å². The molecule has 488 valence electrons. The van der Waals surface area contributed by atoms with Gasteiger partial charge in [-0.05, 0) is 123 Å². The predicted octanol–water partition coefficient (Wildman–Crippen LogP) is 14.5. The third-order valence-corrected chi connectivity index (χ3v) is 17.2. The first-order valence-corrected chi connectivity index (χ1v) is 31.7. The van der Waals surface area contributed by atoms with Crippen LogP contribution < -0.4 is 18.9 Å². The van der Waals surface area contributed by atoms with Gasteiger partial charge in [0, 0.05) is 83.5 Å². The summed E-state index contributed by atoms with van der Waals surface area (Å²) in [6.07, 6.45) is 0. The van der Waals surface area contributed by atoms with Crippen LogP contribution in [0.3, 0.4) is 0 Å². The van der Waals surface area contributed by atoms with Gasteiger partial charge in [-0.25, -0.2) is 19.9 Å². The van der Waals surface area contributed by atoms with Crippen LogP contribution in [0.1, 0.15) is 16.7 Å². The molecule has 0 aliphatic heterocycles. The molecule has 25 nitrogen and oxygen atoms in total. The fourth-order valence-corrected chi connectivity index (χ4v) is 12.1. The van der Waals surface area contributed by atoms with Crippen LogP contribution in [0.4, 0.5) is 0 Å². The number of nitrogens with zero attached hydrogens (tertiary/aromatic N) is 14. The summed E-state index contributed by atoms with van der Waals surface area (Å²) in [6, 6.07) is 60.7. The zero-order chi connectivity index (χ0) is 68.0. The smallest absolute Gasteiger partial charge is 0.181 e. The number of aromatic nitrogens is 21. The van der Waals surface area contributed by atoms with E-state index in [4.69, 9.17) is 59.3 Å². The summed E-state index contributed by atoms with van der Waals surface area (Å²) < 4.78 is 22.9. The minimum Gasteiger partial charge on any atom is -0.497 e. The highest BCUT2D eigenvalue weighted by atomic mass is 16.5. The van der Waals surface area contributed by atoms with Crippen molar-refractivity contribution in [2.75, 3.05) is 28.4 Å². The van der Waals surface area contributed by atoms with Crippen molar-refractivity contribution in [3.63, 3.8) is 0 Å². The van der Waals surface area contributed by atoms with E-state index in [9.17, 15) is 0 Å². The quantitative estimate of drug-likeness (QED) is 0.0395. The van der Waals surface area contributed by atoms with Gasteiger partial charge in [-0.3, -0.25) is 20.4 Å². The molecule has 16 rings (SSSR count). The van der Waals surface area contributed by atoms with Gasteiger partial charge >= 0.3 is 0 Å². The number of hydrogen-bond donors (Lipinski definition) is 7. The van der Waals surface area contributed by atoms with Gasteiger partial charge in [0.1, 0.15) is 23.0 Å². The second-order valence-corrected chi connectivity index (χ2v) is 23.7. The summed E-state index contributed by atoms with van der Waals surface area (Å²) in [5, 5.41) is 59.6. The number of benzene rings is 9. The van der Waals surface area contributed by atoms with E-state index in [0.29, 0.717) is 132 Å². The molecule has 7 N–H and O–H groups in total. The Bertz CT molecular complexity index is 5730. The van der Waals surface area contributed by atoms with Crippen molar-refractivity contribution in [1.29, 1.82) is 0 Å². The summed E-state index contributed by atoms with van der Waals surface area (Å²) >= 11 is 0. The van der Waals surface area contributed by atoms with Gasteiger partial charge in [-0.1, -0.05) is 108 Å². The molecule has 0 unspecified atom stereocenters. The average molecular weight is 1320 g/mol. The van der Waals surface area contributed by atoms with Crippen LogP contribution in [0, 0.1) is 20.8 Å². The molecule has 16 aromatic rings. The zero-order valence-corrected chi connectivity index (χ0v) is 54.8. The molecule has 0 saturated heterocycles. The number of hydrogen-bond acceptors (Lipinski definition) is 18.